The fourth-order valence-electron chi connectivity index (χ4n) is 6.02. The highest BCUT2D eigenvalue weighted by atomic mass is 32.2. The van der Waals surface area contributed by atoms with Crippen molar-refractivity contribution in [2.75, 3.05) is 6.61 Å². The fourth-order valence-corrected chi connectivity index (χ4v) is 7.10. The third-order valence-corrected chi connectivity index (χ3v) is 9.01. The molecule has 6 heteroatoms. The molecule has 1 aliphatic heterocycles. The number of benzene rings is 2. The lowest BCUT2D eigenvalue weighted by atomic mass is 9.71. The van der Waals surface area contributed by atoms with Crippen LogP contribution in [0.4, 0.5) is 4.79 Å². The number of hydrogen-bond acceptors (Lipinski definition) is 5. The van der Waals surface area contributed by atoms with Gasteiger partial charge in [-0.15, -0.1) is 0 Å². The molecule has 0 radical (unpaired) electrons. The molecular weight excluding hydrogens is 470 g/mol. The molecule has 2 fully saturated rings. The van der Waals surface area contributed by atoms with Crippen LogP contribution in [0.3, 0.4) is 0 Å². The Morgan fingerprint density at radius 3 is 2.19 bits per heavy atom. The molecule has 192 valence electrons. The van der Waals surface area contributed by atoms with E-state index in [1.165, 1.54) is 40.4 Å². The summed E-state index contributed by atoms with van der Waals surface area (Å²) in [5.41, 5.74) is 4.36. The molecule has 5 nitrogen and oxygen atoms in total. The van der Waals surface area contributed by atoms with Crippen LogP contribution in [0.2, 0.25) is 0 Å². The smallest absolute Gasteiger partial charge is 0.407 e. The summed E-state index contributed by atoms with van der Waals surface area (Å²) >= 11 is 1.44. The van der Waals surface area contributed by atoms with E-state index in [2.05, 4.69) is 50.4 Å². The van der Waals surface area contributed by atoms with Crippen molar-refractivity contribution in [2.24, 2.45) is 5.41 Å². The van der Waals surface area contributed by atoms with Crippen LogP contribution in [-0.2, 0) is 14.3 Å². The molecule has 0 bridgehead atoms. The lowest BCUT2D eigenvalue weighted by Crippen LogP contribution is -2.44. The topological polar surface area (TPSA) is 67.9 Å². The average molecular weight is 508 g/mol. The van der Waals surface area contributed by atoms with Gasteiger partial charge >= 0.3 is 6.09 Å². The van der Waals surface area contributed by atoms with Crippen LogP contribution < -0.4 is 5.32 Å². The summed E-state index contributed by atoms with van der Waals surface area (Å²) < 4.78 is 11.7. The van der Waals surface area contributed by atoms with Crippen LogP contribution >= 0.6 is 11.8 Å². The van der Waals surface area contributed by atoms with Gasteiger partial charge in [0.2, 0.25) is 0 Å². The molecule has 1 N–H and O–H groups in total. The van der Waals surface area contributed by atoms with Gasteiger partial charge in [-0.1, -0.05) is 100 Å². The Morgan fingerprint density at radius 2 is 1.61 bits per heavy atom. The van der Waals surface area contributed by atoms with Gasteiger partial charge in [-0.25, -0.2) is 4.79 Å². The summed E-state index contributed by atoms with van der Waals surface area (Å²) in [4.78, 5) is 26.2. The van der Waals surface area contributed by atoms with Crippen molar-refractivity contribution < 1.29 is 19.1 Å². The number of carbonyl (C=O) groups excluding carboxylic acids is 2. The third kappa shape index (κ3) is 4.95. The van der Waals surface area contributed by atoms with Crippen molar-refractivity contribution in [3.63, 3.8) is 0 Å². The molecule has 2 aliphatic carbocycles. The van der Waals surface area contributed by atoms with Crippen molar-refractivity contribution in [2.45, 2.75) is 88.7 Å². The second kappa shape index (κ2) is 9.86. The van der Waals surface area contributed by atoms with Crippen LogP contribution in [0.15, 0.2) is 48.5 Å². The zero-order chi connectivity index (χ0) is 25.5. The highest BCUT2D eigenvalue weighted by molar-refractivity contribution is 8.14. The van der Waals surface area contributed by atoms with Gasteiger partial charge in [-0.3, -0.25) is 4.79 Å². The Bertz CT molecular complexity index is 1090. The van der Waals surface area contributed by atoms with Gasteiger partial charge in [-0.2, -0.15) is 0 Å². The Kier molecular flexibility index (Phi) is 6.94. The predicted octanol–water partition coefficient (Wildman–Crippen LogP) is 6.69. The maximum absolute atomic E-state index is 13.4. The summed E-state index contributed by atoms with van der Waals surface area (Å²) in [7, 11) is 0. The molecule has 1 heterocycles. The van der Waals surface area contributed by atoms with Gasteiger partial charge in [0.25, 0.3) is 0 Å². The number of amides is 1. The first kappa shape index (κ1) is 25.3. The molecule has 1 saturated heterocycles. The van der Waals surface area contributed by atoms with Crippen molar-refractivity contribution in [3.05, 3.63) is 59.7 Å². The molecule has 0 unspecified atom stereocenters. The van der Waals surface area contributed by atoms with Gasteiger partial charge < -0.3 is 14.8 Å². The van der Waals surface area contributed by atoms with E-state index >= 15 is 0 Å². The minimum absolute atomic E-state index is 0.0286. The Balaban J connectivity index is 1.20. The second-order valence-electron chi connectivity index (χ2n) is 11.5. The molecule has 0 spiro atoms. The zero-order valence-corrected chi connectivity index (χ0v) is 22.5. The van der Waals surface area contributed by atoms with Gasteiger partial charge in [0, 0.05) is 10.7 Å². The van der Waals surface area contributed by atoms with Gasteiger partial charge in [0.15, 0.2) is 5.12 Å². The zero-order valence-electron chi connectivity index (χ0n) is 21.7. The SMILES string of the molecule is C[C@H](NC(=O)OCC1c2ccccc2-c2ccccc21)[C@H]1O[C@@H]1C1(C(=O)SC(C)(C)C)CCCCC1. The lowest BCUT2D eigenvalue weighted by molar-refractivity contribution is -0.122. The van der Waals surface area contributed by atoms with Gasteiger partial charge in [0.05, 0.1) is 17.6 Å². The second-order valence-corrected chi connectivity index (χ2v) is 13.3. The van der Waals surface area contributed by atoms with Crippen LogP contribution in [-0.4, -0.2) is 40.8 Å². The predicted molar refractivity (Wildman–Crippen MR) is 144 cm³/mol. The van der Waals surface area contributed by atoms with Gasteiger partial charge in [-0.05, 0) is 42.0 Å². The Hall–Kier alpha value is -2.31. The maximum atomic E-state index is 13.4. The number of ether oxygens (including phenoxy) is 2. The molecule has 2 aromatic rings. The molecule has 36 heavy (non-hydrogen) atoms. The molecule has 0 aromatic heterocycles. The van der Waals surface area contributed by atoms with Crippen molar-refractivity contribution in [1.29, 1.82) is 0 Å². The molecule has 3 aliphatic rings. The highest BCUT2D eigenvalue weighted by Gasteiger charge is 2.60. The Labute approximate surface area is 218 Å². The number of fused-ring (bicyclic) bond motifs is 3. The normalized spacial score (nSPS) is 23.3. The van der Waals surface area contributed by atoms with E-state index < -0.39 is 11.5 Å². The summed E-state index contributed by atoms with van der Waals surface area (Å²) in [5.74, 6) is 0.0286. The highest BCUT2D eigenvalue weighted by Crippen LogP contribution is 2.53. The van der Waals surface area contributed by atoms with Crippen LogP contribution in [0.5, 0.6) is 0 Å². The van der Waals surface area contributed by atoms with E-state index in [1.807, 2.05) is 31.2 Å². The molecule has 5 rings (SSSR count). The number of thioether (sulfide) groups is 1. The number of hydrogen-bond donors (Lipinski definition) is 1. The largest absolute Gasteiger partial charge is 0.449 e. The fraction of sp³-hybridized carbons (Fsp3) is 0.533. The van der Waals surface area contributed by atoms with Crippen molar-refractivity contribution >= 4 is 23.0 Å². The van der Waals surface area contributed by atoms with Gasteiger partial charge in [0.1, 0.15) is 12.7 Å². The monoisotopic (exact) mass is 507 g/mol. The first-order valence-corrected chi connectivity index (χ1v) is 14.0. The molecule has 3 atom stereocenters. The number of carbonyl (C=O) groups is 2. The van der Waals surface area contributed by atoms with E-state index in [0.717, 1.165) is 25.7 Å². The van der Waals surface area contributed by atoms with E-state index in [1.54, 1.807) is 0 Å². The summed E-state index contributed by atoms with van der Waals surface area (Å²) in [5, 5.41) is 3.23. The first-order valence-electron chi connectivity index (χ1n) is 13.2. The van der Waals surface area contributed by atoms with Crippen LogP contribution in [0.25, 0.3) is 11.1 Å². The number of rotatable bonds is 6. The maximum Gasteiger partial charge on any atom is 0.407 e. The van der Waals surface area contributed by atoms with E-state index in [0.29, 0.717) is 0 Å². The molecule has 1 saturated carbocycles. The van der Waals surface area contributed by atoms with Crippen LogP contribution in [0.1, 0.15) is 76.8 Å². The third-order valence-electron chi connectivity index (χ3n) is 7.80. The number of nitrogens with one attached hydrogen (secondary N) is 1. The van der Waals surface area contributed by atoms with E-state index in [4.69, 9.17) is 9.47 Å². The minimum Gasteiger partial charge on any atom is -0.449 e. The Morgan fingerprint density at radius 1 is 1.03 bits per heavy atom. The summed E-state index contributed by atoms with van der Waals surface area (Å²) in [6.45, 7) is 8.48. The lowest BCUT2D eigenvalue weighted by Gasteiger charge is -2.36. The molecule has 1 amide bonds. The quantitative estimate of drug-likeness (QED) is 0.441. The van der Waals surface area contributed by atoms with E-state index in [-0.39, 0.29) is 40.6 Å². The summed E-state index contributed by atoms with van der Waals surface area (Å²) in [6, 6.07) is 16.4. The minimum atomic E-state index is -0.446. The number of epoxide rings is 1. The van der Waals surface area contributed by atoms with Crippen molar-refractivity contribution in [1.82, 2.24) is 5.32 Å². The summed E-state index contributed by atoms with van der Waals surface area (Å²) in [6.07, 6.45) is 4.28. The average Bonchev–Trinajstić information content (AvgIpc) is 3.60. The molecular formula is C30H37NO4S. The van der Waals surface area contributed by atoms with Crippen LogP contribution in [0, 0.1) is 5.41 Å². The number of alkyl carbamates (subject to hydrolysis) is 1. The first-order chi connectivity index (χ1) is 17.2. The van der Waals surface area contributed by atoms with Crippen molar-refractivity contribution in [3.8, 4) is 11.1 Å². The standard InChI is InChI=1S/C30H37NO4S/c1-19(25-26(35-25)30(16-10-5-11-17-30)27(32)36-29(2,3)4)31-28(33)34-18-24-22-14-8-6-12-20(22)21-13-7-9-15-23(21)24/h6-9,12-15,19,24-26H,5,10-11,16-18H2,1-4H3,(H,31,33)/t19-,25+,26-/m0/s1. The van der Waals surface area contributed by atoms with E-state index in [9.17, 15) is 9.59 Å². The molecule has 2 aromatic carbocycles.